The largest absolute Gasteiger partial charge is 0.355 e. The van der Waals surface area contributed by atoms with Crippen LogP contribution in [0, 0.1) is 13.8 Å². The van der Waals surface area contributed by atoms with Crippen molar-refractivity contribution < 1.29 is 4.52 Å². The number of likely N-dealkylation sites (tertiary alicyclic amines) is 1. The average molecular weight is 385 g/mol. The average Bonchev–Trinajstić information content (AvgIpc) is 3.38. The summed E-state index contributed by atoms with van der Waals surface area (Å²) >= 11 is 1.39. The number of aromatic nitrogens is 5. The number of hydrogen-bond donors (Lipinski definition) is 0. The number of nitrogens with zero attached hydrogens (tertiary/aromatic N) is 6. The summed E-state index contributed by atoms with van der Waals surface area (Å²) in [6, 6.07) is 1.96. The quantitative estimate of drug-likeness (QED) is 0.605. The summed E-state index contributed by atoms with van der Waals surface area (Å²) in [6.45, 7) is 11.6. The summed E-state index contributed by atoms with van der Waals surface area (Å²) in [6.07, 6.45) is 6.13. The Bertz CT molecular complexity index is 926. The van der Waals surface area contributed by atoms with Crippen LogP contribution in [0.2, 0.25) is 0 Å². The summed E-state index contributed by atoms with van der Waals surface area (Å²) in [5.74, 6) is 1.14. The number of rotatable bonds is 6. The highest BCUT2D eigenvalue weighted by molar-refractivity contribution is 7.09. The molecular formula is C19H24N6OS. The zero-order valence-electron chi connectivity index (χ0n) is 15.8. The first-order chi connectivity index (χ1) is 13.2. The van der Waals surface area contributed by atoms with Gasteiger partial charge in [-0.25, -0.2) is 0 Å². The molecule has 1 aliphatic heterocycles. The van der Waals surface area contributed by atoms with Crippen LogP contribution in [0.25, 0.3) is 10.6 Å². The Morgan fingerprint density at radius 1 is 1.41 bits per heavy atom. The molecule has 7 nitrogen and oxygen atoms in total. The SMILES string of the molecule is C=CCn1ncc(CN2CCCC(c3nnsc3-c3cc(C)no3)C2)c1C. The lowest BCUT2D eigenvalue weighted by Crippen LogP contribution is -2.34. The number of allylic oxidation sites excluding steroid dienone is 1. The van der Waals surface area contributed by atoms with E-state index in [-0.39, 0.29) is 0 Å². The molecule has 3 aromatic heterocycles. The maximum atomic E-state index is 5.45. The van der Waals surface area contributed by atoms with Crippen LogP contribution in [-0.4, -0.2) is 42.5 Å². The molecule has 1 atom stereocenters. The molecule has 4 rings (SSSR count). The topological polar surface area (TPSA) is 72.9 Å². The van der Waals surface area contributed by atoms with Crippen molar-refractivity contribution in [3.05, 3.63) is 47.6 Å². The monoisotopic (exact) mass is 384 g/mol. The van der Waals surface area contributed by atoms with Crippen molar-refractivity contribution in [2.75, 3.05) is 13.1 Å². The lowest BCUT2D eigenvalue weighted by atomic mass is 9.93. The van der Waals surface area contributed by atoms with Gasteiger partial charge in [-0.05, 0) is 44.8 Å². The standard InChI is InChI=1S/C19H24N6OS/c1-4-7-25-14(3)16(10-20-25)12-24-8-5-6-15(11-24)18-19(27-23-21-18)17-9-13(2)22-26-17/h4,9-10,15H,1,5-8,11-12H2,2-3H3. The second-order valence-corrected chi connectivity index (χ2v) is 7.87. The molecule has 0 bridgehead atoms. The molecule has 1 saturated heterocycles. The third kappa shape index (κ3) is 3.72. The molecule has 0 aromatic carbocycles. The third-order valence-corrected chi connectivity index (χ3v) is 5.91. The van der Waals surface area contributed by atoms with Gasteiger partial charge >= 0.3 is 0 Å². The molecule has 8 heteroatoms. The van der Waals surface area contributed by atoms with Crippen LogP contribution in [0.15, 0.2) is 29.4 Å². The molecule has 1 unspecified atom stereocenters. The first-order valence-electron chi connectivity index (χ1n) is 9.26. The lowest BCUT2D eigenvalue weighted by molar-refractivity contribution is 0.198. The molecule has 0 spiro atoms. The smallest absolute Gasteiger partial charge is 0.180 e. The minimum Gasteiger partial charge on any atom is -0.355 e. The van der Waals surface area contributed by atoms with Crippen molar-refractivity contribution in [3.8, 4) is 10.6 Å². The maximum Gasteiger partial charge on any atom is 0.180 e. The predicted octanol–water partition coefficient (Wildman–Crippen LogP) is 3.57. The van der Waals surface area contributed by atoms with E-state index in [1.54, 1.807) is 0 Å². The van der Waals surface area contributed by atoms with E-state index in [4.69, 9.17) is 4.52 Å². The fourth-order valence-electron chi connectivity index (χ4n) is 3.72. The molecule has 0 amide bonds. The Morgan fingerprint density at radius 2 is 2.30 bits per heavy atom. The fraction of sp³-hybridized carbons (Fsp3) is 0.474. The number of piperidine rings is 1. The Balaban J connectivity index is 1.49. The summed E-state index contributed by atoms with van der Waals surface area (Å²) in [7, 11) is 0. The normalized spacial score (nSPS) is 18.1. The first kappa shape index (κ1) is 18.1. The van der Waals surface area contributed by atoms with Crippen molar-refractivity contribution in [2.24, 2.45) is 0 Å². The Labute approximate surface area is 162 Å². The third-order valence-electron chi connectivity index (χ3n) is 5.16. The van der Waals surface area contributed by atoms with E-state index in [1.165, 1.54) is 22.8 Å². The van der Waals surface area contributed by atoms with Crippen molar-refractivity contribution in [2.45, 2.75) is 45.7 Å². The van der Waals surface area contributed by atoms with E-state index in [1.807, 2.05) is 29.9 Å². The first-order valence-corrected chi connectivity index (χ1v) is 10.0. The van der Waals surface area contributed by atoms with E-state index in [0.29, 0.717) is 5.92 Å². The van der Waals surface area contributed by atoms with Gasteiger partial charge in [-0.3, -0.25) is 9.58 Å². The summed E-state index contributed by atoms with van der Waals surface area (Å²) in [4.78, 5) is 3.50. The molecule has 0 radical (unpaired) electrons. The van der Waals surface area contributed by atoms with E-state index in [0.717, 1.165) is 61.0 Å². The molecular weight excluding hydrogens is 360 g/mol. The van der Waals surface area contributed by atoms with Crippen LogP contribution in [-0.2, 0) is 13.1 Å². The molecule has 3 aromatic rings. The van der Waals surface area contributed by atoms with Crippen molar-refractivity contribution in [3.63, 3.8) is 0 Å². The lowest BCUT2D eigenvalue weighted by Gasteiger charge is -2.32. The zero-order valence-corrected chi connectivity index (χ0v) is 16.6. The van der Waals surface area contributed by atoms with Crippen LogP contribution < -0.4 is 0 Å². The highest BCUT2D eigenvalue weighted by Gasteiger charge is 2.28. The van der Waals surface area contributed by atoms with Crippen LogP contribution >= 0.6 is 11.5 Å². The van der Waals surface area contributed by atoms with Crippen molar-refractivity contribution in [1.82, 2.24) is 29.4 Å². The molecule has 1 fully saturated rings. The minimum absolute atomic E-state index is 0.362. The van der Waals surface area contributed by atoms with E-state index < -0.39 is 0 Å². The molecule has 0 saturated carbocycles. The van der Waals surface area contributed by atoms with Gasteiger partial charge in [0.25, 0.3) is 0 Å². The van der Waals surface area contributed by atoms with Crippen LogP contribution in [0.4, 0.5) is 0 Å². The second kappa shape index (κ2) is 7.74. The second-order valence-electron chi connectivity index (χ2n) is 7.12. The maximum absolute atomic E-state index is 5.45. The van der Waals surface area contributed by atoms with Gasteiger partial charge in [0.05, 0.1) is 24.1 Å². The van der Waals surface area contributed by atoms with Crippen LogP contribution in [0.5, 0.6) is 0 Å². The Hall–Kier alpha value is -2.32. The van der Waals surface area contributed by atoms with Crippen molar-refractivity contribution >= 4 is 11.5 Å². The zero-order chi connectivity index (χ0) is 18.8. The summed E-state index contributed by atoms with van der Waals surface area (Å²) in [5, 5.41) is 12.9. The number of aryl methyl sites for hydroxylation is 1. The highest BCUT2D eigenvalue weighted by Crippen LogP contribution is 2.35. The van der Waals surface area contributed by atoms with Gasteiger partial charge in [-0.15, -0.1) is 11.7 Å². The summed E-state index contributed by atoms with van der Waals surface area (Å²) in [5.41, 5.74) is 4.41. The molecule has 0 N–H and O–H groups in total. The summed E-state index contributed by atoms with van der Waals surface area (Å²) < 4.78 is 11.6. The number of hydrogen-bond acceptors (Lipinski definition) is 7. The van der Waals surface area contributed by atoms with Gasteiger partial charge in [-0.2, -0.15) is 5.10 Å². The molecule has 1 aliphatic rings. The van der Waals surface area contributed by atoms with Gasteiger partial charge in [0.15, 0.2) is 5.76 Å². The molecule has 0 aliphatic carbocycles. The van der Waals surface area contributed by atoms with Gasteiger partial charge in [0, 0.05) is 36.3 Å². The Morgan fingerprint density at radius 3 is 3.07 bits per heavy atom. The van der Waals surface area contributed by atoms with E-state index >= 15 is 0 Å². The van der Waals surface area contributed by atoms with Gasteiger partial charge in [-0.1, -0.05) is 15.7 Å². The van der Waals surface area contributed by atoms with E-state index in [9.17, 15) is 0 Å². The predicted molar refractivity (Wildman–Crippen MR) is 105 cm³/mol. The van der Waals surface area contributed by atoms with Crippen LogP contribution in [0.1, 0.15) is 41.4 Å². The van der Waals surface area contributed by atoms with Gasteiger partial charge < -0.3 is 4.52 Å². The van der Waals surface area contributed by atoms with Gasteiger partial charge in [0.2, 0.25) is 0 Å². The van der Waals surface area contributed by atoms with Crippen LogP contribution in [0.3, 0.4) is 0 Å². The Kier molecular flexibility index (Phi) is 5.18. The molecule has 27 heavy (non-hydrogen) atoms. The minimum atomic E-state index is 0.362. The highest BCUT2D eigenvalue weighted by atomic mass is 32.1. The molecule has 4 heterocycles. The van der Waals surface area contributed by atoms with Gasteiger partial charge in [0.1, 0.15) is 4.88 Å². The fourth-order valence-corrected chi connectivity index (χ4v) is 4.41. The molecule has 142 valence electrons. The van der Waals surface area contributed by atoms with E-state index in [2.05, 4.69) is 38.2 Å². The van der Waals surface area contributed by atoms with Crippen molar-refractivity contribution in [1.29, 1.82) is 0 Å².